The first-order valence-electron chi connectivity index (χ1n) is 9.12. The number of fused-ring (bicyclic) bond motifs is 3. The van der Waals surface area contributed by atoms with Crippen LogP contribution in [0.3, 0.4) is 0 Å². The van der Waals surface area contributed by atoms with Crippen molar-refractivity contribution >= 4 is 22.1 Å². The summed E-state index contributed by atoms with van der Waals surface area (Å²) < 4.78 is 1.73. The molecule has 0 amide bonds. The van der Waals surface area contributed by atoms with Crippen LogP contribution in [0.25, 0.3) is 22.1 Å². The third-order valence-corrected chi connectivity index (χ3v) is 5.40. The van der Waals surface area contributed by atoms with Crippen LogP contribution in [0.2, 0.25) is 0 Å². The van der Waals surface area contributed by atoms with E-state index < -0.39 is 0 Å². The highest BCUT2D eigenvalue weighted by Gasteiger charge is 2.30. The second kappa shape index (κ2) is 6.14. The van der Waals surface area contributed by atoms with Gasteiger partial charge in [-0.05, 0) is 31.1 Å². The Hall–Kier alpha value is -3.31. The van der Waals surface area contributed by atoms with Gasteiger partial charge in [0.2, 0.25) is 0 Å². The van der Waals surface area contributed by atoms with Crippen molar-refractivity contribution in [1.29, 1.82) is 5.26 Å². The van der Waals surface area contributed by atoms with Crippen LogP contribution in [0.15, 0.2) is 47.2 Å². The van der Waals surface area contributed by atoms with Crippen molar-refractivity contribution in [3.63, 3.8) is 0 Å². The third-order valence-electron chi connectivity index (χ3n) is 5.40. The molecule has 0 radical (unpaired) electrons. The number of pyridine rings is 1. The first kappa shape index (κ1) is 15.9. The number of nitriles is 1. The van der Waals surface area contributed by atoms with Crippen LogP contribution >= 0.6 is 0 Å². The fraction of sp³-hybridized carbons (Fsp3) is 0.316. The Balaban J connectivity index is 1.62. The Bertz CT molecular complexity index is 1170. The molecule has 5 rings (SSSR count). The number of rotatable bonds is 3. The lowest BCUT2D eigenvalue weighted by atomic mass is 10.0. The lowest BCUT2D eigenvalue weighted by molar-refractivity contribution is 0.0135. The zero-order valence-electron chi connectivity index (χ0n) is 14.7. The topological polar surface area (TPSA) is 96.7 Å². The maximum Gasteiger partial charge on any atom is 0.326 e. The van der Waals surface area contributed by atoms with Gasteiger partial charge in [0.15, 0.2) is 0 Å². The van der Waals surface area contributed by atoms with E-state index in [0.717, 1.165) is 42.5 Å². The first-order chi connectivity index (χ1) is 13.3. The van der Waals surface area contributed by atoms with E-state index in [0.29, 0.717) is 17.6 Å². The molecule has 0 spiro atoms. The lowest BCUT2D eigenvalue weighted by Crippen LogP contribution is -2.48. The van der Waals surface area contributed by atoms with Crippen LogP contribution < -0.4 is 5.69 Å². The van der Waals surface area contributed by atoms with Gasteiger partial charge in [0, 0.05) is 30.9 Å². The number of H-pyrrole nitrogens is 2. The summed E-state index contributed by atoms with van der Waals surface area (Å²) in [5.74, 6) is 0. The molecule has 8 nitrogen and oxygen atoms in total. The number of imidazole rings is 1. The molecular formula is C19H19N7O. The van der Waals surface area contributed by atoms with Gasteiger partial charge in [-0.25, -0.2) is 14.8 Å². The molecule has 1 saturated heterocycles. The van der Waals surface area contributed by atoms with Gasteiger partial charge in [-0.15, -0.1) is 0 Å². The fourth-order valence-corrected chi connectivity index (χ4v) is 4.12. The van der Waals surface area contributed by atoms with E-state index in [1.807, 2.05) is 30.6 Å². The van der Waals surface area contributed by atoms with E-state index in [-0.39, 0.29) is 11.7 Å². The second-order valence-corrected chi connectivity index (χ2v) is 6.93. The van der Waals surface area contributed by atoms with Crippen LogP contribution in [0, 0.1) is 11.3 Å². The molecular weight excluding hydrogens is 342 g/mol. The van der Waals surface area contributed by atoms with Crippen molar-refractivity contribution in [2.24, 2.45) is 0 Å². The number of allylic oxidation sites excluding steroid dienone is 2. The molecule has 3 aromatic rings. The first-order valence-corrected chi connectivity index (χ1v) is 9.12. The molecule has 27 heavy (non-hydrogen) atoms. The van der Waals surface area contributed by atoms with Crippen molar-refractivity contribution in [2.45, 2.75) is 25.4 Å². The Kier molecular flexibility index (Phi) is 3.62. The molecule has 0 aromatic carbocycles. The summed E-state index contributed by atoms with van der Waals surface area (Å²) in [6.45, 7) is 2.33. The number of aromatic nitrogens is 4. The highest BCUT2D eigenvalue weighted by molar-refractivity contribution is 6.00. The SMILES string of the molecule is N#CC1=CC=CN(N2CCCC2)C1Cn1c(=O)[nH]c2cnc3[nH]ccc3c21. The van der Waals surface area contributed by atoms with Gasteiger partial charge in [0.05, 0.1) is 41.5 Å². The Morgan fingerprint density at radius 3 is 3.00 bits per heavy atom. The predicted octanol–water partition coefficient (Wildman–Crippen LogP) is 1.86. The van der Waals surface area contributed by atoms with Gasteiger partial charge in [0.1, 0.15) is 5.65 Å². The Labute approximate surface area is 155 Å². The fourth-order valence-electron chi connectivity index (χ4n) is 4.12. The standard InChI is InChI=1S/C19H19N7O/c20-10-13-4-3-9-26(24-7-1-2-8-24)16(13)12-25-17-14-5-6-21-18(14)22-11-15(17)23-19(25)27/h3-6,9,11,16H,1-2,7-8,12H2,(H,21,22)(H,23,27). The molecule has 0 bridgehead atoms. The van der Waals surface area contributed by atoms with E-state index in [1.165, 1.54) is 0 Å². The zero-order chi connectivity index (χ0) is 18.4. The van der Waals surface area contributed by atoms with E-state index in [4.69, 9.17) is 0 Å². The molecule has 0 aliphatic carbocycles. The summed E-state index contributed by atoms with van der Waals surface area (Å²) in [4.78, 5) is 23.1. The normalized spacial score (nSPS) is 20.5. The largest absolute Gasteiger partial charge is 0.346 e. The monoisotopic (exact) mass is 361 g/mol. The maximum atomic E-state index is 12.7. The van der Waals surface area contributed by atoms with Crippen LogP contribution in [0.1, 0.15) is 12.8 Å². The average molecular weight is 361 g/mol. The maximum absolute atomic E-state index is 12.7. The number of hydrogen-bond donors (Lipinski definition) is 2. The van der Waals surface area contributed by atoms with Crippen molar-refractivity contribution < 1.29 is 0 Å². The number of aromatic amines is 2. The number of nitrogens with one attached hydrogen (secondary N) is 2. The zero-order valence-corrected chi connectivity index (χ0v) is 14.7. The molecule has 2 aliphatic heterocycles. The predicted molar refractivity (Wildman–Crippen MR) is 101 cm³/mol. The summed E-state index contributed by atoms with van der Waals surface area (Å²) >= 11 is 0. The second-order valence-electron chi connectivity index (χ2n) is 6.93. The molecule has 5 heterocycles. The average Bonchev–Trinajstić information content (AvgIpc) is 3.42. The van der Waals surface area contributed by atoms with Gasteiger partial charge in [-0.3, -0.25) is 4.57 Å². The molecule has 2 N–H and O–H groups in total. The number of hydrogen-bond acceptors (Lipinski definition) is 5. The third kappa shape index (κ3) is 2.47. The van der Waals surface area contributed by atoms with E-state index in [9.17, 15) is 10.1 Å². The van der Waals surface area contributed by atoms with Crippen LogP contribution in [0.4, 0.5) is 0 Å². The molecule has 3 aromatic heterocycles. The molecule has 1 unspecified atom stereocenters. The van der Waals surface area contributed by atoms with Crippen molar-refractivity contribution in [2.75, 3.05) is 13.1 Å². The Morgan fingerprint density at radius 2 is 2.19 bits per heavy atom. The minimum atomic E-state index is -0.211. The van der Waals surface area contributed by atoms with E-state index in [1.54, 1.807) is 10.8 Å². The highest BCUT2D eigenvalue weighted by atomic mass is 16.1. The van der Waals surface area contributed by atoms with Gasteiger partial charge in [-0.1, -0.05) is 0 Å². The lowest BCUT2D eigenvalue weighted by Gasteiger charge is -2.38. The van der Waals surface area contributed by atoms with Gasteiger partial charge in [-0.2, -0.15) is 5.26 Å². The van der Waals surface area contributed by atoms with Crippen molar-refractivity contribution in [3.8, 4) is 6.07 Å². The van der Waals surface area contributed by atoms with Crippen molar-refractivity contribution in [3.05, 3.63) is 52.9 Å². The summed E-state index contributed by atoms with van der Waals surface area (Å²) in [5, 5.41) is 14.9. The number of nitrogens with zero attached hydrogens (tertiary/aromatic N) is 5. The highest BCUT2D eigenvalue weighted by Crippen LogP contribution is 2.26. The molecule has 136 valence electrons. The van der Waals surface area contributed by atoms with Crippen LogP contribution in [-0.2, 0) is 6.54 Å². The van der Waals surface area contributed by atoms with Gasteiger partial charge >= 0.3 is 5.69 Å². The molecule has 2 aliphatic rings. The molecule has 8 heteroatoms. The summed E-state index contributed by atoms with van der Waals surface area (Å²) in [7, 11) is 0. The van der Waals surface area contributed by atoms with Crippen LogP contribution in [-0.4, -0.2) is 48.7 Å². The minimum Gasteiger partial charge on any atom is -0.346 e. The summed E-state index contributed by atoms with van der Waals surface area (Å²) in [6, 6.07) is 4.03. The molecule has 0 saturated carbocycles. The molecule has 1 fully saturated rings. The quantitative estimate of drug-likeness (QED) is 0.742. The van der Waals surface area contributed by atoms with Crippen molar-refractivity contribution in [1.82, 2.24) is 29.5 Å². The molecule has 1 atom stereocenters. The van der Waals surface area contributed by atoms with E-state index >= 15 is 0 Å². The van der Waals surface area contributed by atoms with Gasteiger partial charge in [0.25, 0.3) is 0 Å². The number of hydrazine groups is 1. The van der Waals surface area contributed by atoms with Crippen LogP contribution in [0.5, 0.6) is 0 Å². The Morgan fingerprint density at radius 1 is 1.33 bits per heavy atom. The summed E-state index contributed by atoms with van der Waals surface area (Å²) in [6.07, 6.45) is 11.5. The van der Waals surface area contributed by atoms with E-state index in [2.05, 4.69) is 31.0 Å². The summed E-state index contributed by atoms with van der Waals surface area (Å²) in [5.41, 5.74) is 2.73. The minimum absolute atomic E-state index is 0.186. The smallest absolute Gasteiger partial charge is 0.326 e. The van der Waals surface area contributed by atoms with Gasteiger partial charge < -0.3 is 15.0 Å².